The molecule has 2 N–H and O–H groups in total. The molecule has 1 aromatic heterocycles. The number of aromatic nitrogens is 1. The number of nitrogens with one attached hydrogen (secondary N) is 2. The normalized spacial score (nSPS) is 13.8. The number of rotatable bonds is 8. The van der Waals surface area contributed by atoms with Crippen molar-refractivity contribution in [2.75, 3.05) is 33.8 Å². The maximum Gasteiger partial charge on any atom is 0.171 e. The average molecular weight is 496 g/mol. The van der Waals surface area contributed by atoms with E-state index in [0.29, 0.717) is 40.6 Å². The van der Waals surface area contributed by atoms with Gasteiger partial charge in [0.1, 0.15) is 0 Å². The number of thiocarbonyl (C=S) groups is 1. The first-order valence-corrected chi connectivity index (χ1v) is 12.3. The van der Waals surface area contributed by atoms with Crippen LogP contribution >= 0.6 is 12.2 Å². The lowest BCUT2D eigenvalue weighted by Gasteiger charge is -2.25. The van der Waals surface area contributed by atoms with Gasteiger partial charge in [0.15, 0.2) is 28.1 Å². The van der Waals surface area contributed by atoms with Crippen molar-refractivity contribution in [3.05, 3.63) is 47.8 Å². The van der Waals surface area contributed by atoms with Crippen LogP contribution in [-0.4, -0.2) is 44.6 Å². The molecule has 4 rings (SSSR count). The van der Waals surface area contributed by atoms with E-state index in [-0.39, 0.29) is 0 Å². The second-order valence-corrected chi connectivity index (χ2v) is 9.07. The molecular weight excluding hydrogens is 462 g/mol. The first kappa shape index (κ1) is 24.9. The van der Waals surface area contributed by atoms with E-state index < -0.39 is 0 Å². The van der Waals surface area contributed by atoms with Crippen LogP contribution in [0.1, 0.15) is 43.4 Å². The molecule has 0 amide bonds. The zero-order chi connectivity index (χ0) is 24.8. The summed E-state index contributed by atoms with van der Waals surface area (Å²) in [6, 6.07) is 10.2. The SMILES string of the molecule is COc1cc(Cc2nccc3cc(OC)c(OC)cc23)c(NC(=S)NC2CCCCC2)cc1OC. The zero-order valence-electron chi connectivity index (χ0n) is 20.8. The van der Waals surface area contributed by atoms with Gasteiger partial charge >= 0.3 is 0 Å². The first-order valence-electron chi connectivity index (χ1n) is 11.9. The minimum atomic E-state index is 0.412. The van der Waals surface area contributed by atoms with Crippen LogP contribution in [0.25, 0.3) is 10.8 Å². The number of anilines is 1. The molecule has 0 aliphatic heterocycles. The summed E-state index contributed by atoms with van der Waals surface area (Å²) in [5.41, 5.74) is 2.75. The molecule has 1 heterocycles. The summed E-state index contributed by atoms with van der Waals surface area (Å²) < 4.78 is 22.2. The lowest BCUT2D eigenvalue weighted by atomic mass is 9.96. The number of ether oxygens (including phenoxy) is 4. The van der Waals surface area contributed by atoms with E-state index in [9.17, 15) is 0 Å². The molecule has 35 heavy (non-hydrogen) atoms. The largest absolute Gasteiger partial charge is 0.493 e. The minimum Gasteiger partial charge on any atom is -0.493 e. The second-order valence-electron chi connectivity index (χ2n) is 8.66. The van der Waals surface area contributed by atoms with Gasteiger partial charge in [0, 0.05) is 35.8 Å². The molecule has 0 unspecified atom stereocenters. The molecule has 0 atom stereocenters. The number of pyridine rings is 1. The van der Waals surface area contributed by atoms with Gasteiger partial charge in [0.05, 0.1) is 34.1 Å². The fourth-order valence-electron chi connectivity index (χ4n) is 4.66. The Kier molecular flexibility index (Phi) is 8.13. The Hall–Kier alpha value is -3.26. The van der Waals surface area contributed by atoms with Crippen LogP contribution in [0, 0.1) is 0 Å². The maximum absolute atomic E-state index is 5.68. The van der Waals surface area contributed by atoms with E-state index in [1.165, 1.54) is 19.3 Å². The van der Waals surface area contributed by atoms with Crippen molar-refractivity contribution in [3.63, 3.8) is 0 Å². The van der Waals surface area contributed by atoms with Crippen molar-refractivity contribution in [3.8, 4) is 23.0 Å². The summed E-state index contributed by atoms with van der Waals surface area (Å²) in [5, 5.41) is 9.52. The highest BCUT2D eigenvalue weighted by atomic mass is 32.1. The van der Waals surface area contributed by atoms with Crippen LogP contribution < -0.4 is 29.6 Å². The van der Waals surface area contributed by atoms with Gasteiger partial charge in [-0.25, -0.2) is 0 Å². The molecule has 0 radical (unpaired) electrons. The first-order chi connectivity index (χ1) is 17.1. The van der Waals surface area contributed by atoms with Crippen molar-refractivity contribution >= 4 is 33.8 Å². The van der Waals surface area contributed by atoms with E-state index in [1.54, 1.807) is 28.4 Å². The Balaban J connectivity index is 1.69. The Labute approximate surface area is 212 Å². The molecule has 186 valence electrons. The van der Waals surface area contributed by atoms with Gasteiger partial charge < -0.3 is 29.6 Å². The van der Waals surface area contributed by atoms with E-state index in [4.69, 9.17) is 36.1 Å². The monoisotopic (exact) mass is 495 g/mol. The average Bonchev–Trinajstić information content (AvgIpc) is 2.89. The quantitative estimate of drug-likeness (QED) is 0.398. The van der Waals surface area contributed by atoms with Gasteiger partial charge in [0.25, 0.3) is 0 Å². The lowest BCUT2D eigenvalue weighted by molar-refractivity contribution is 0.355. The summed E-state index contributed by atoms with van der Waals surface area (Å²) in [5.74, 6) is 2.64. The number of nitrogens with zero attached hydrogens (tertiary/aromatic N) is 1. The number of methoxy groups -OCH3 is 4. The zero-order valence-corrected chi connectivity index (χ0v) is 21.6. The van der Waals surface area contributed by atoms with Crippen LogP contribution in [0.3, 0.4) is 0 Å². The van der Waals surface area contributed by atoms with Crippen molar-refractivity contribution in [1.29, 1.82) is 0 Å². The number of hydrogen-bond acceptors (Lipinski definition) is 6. The molecular formula is C27H33N3O4S. The van der Waals surface area contributed by atoms with E-state index >= 15 is 0 Å². The highest BCUT2D eigenvalue weighted by Gasteiger charge is 2.18. The summed E-state index contributed by atoms with van der Waals surface area (Å²) >= 11 is 5.68. The van der Waals surface area contributed by atoms with E-state index in [1.807, 2.05) is 36.5 Å². The van der Waals surface area contributed by atoms with Gasteiger partial charge in [0.2, 0.25) is 0 Å². The Morgan fingerprint density at radius 2 is 1.51 bits per heavy atom. The Bertz CT molecular complexity index is 1190. The van der Waals surface area contributed by atoms with Crippen LogP contribution in [0.4, 0.5) is 5.69 Å². The summed E-state index contributed by atoms with van der Waals surface area (Å²) in [6.07, 6.45) is 8.44. The highest BCUT2D eigenvalue weighted by molar-refractivity contribution is 7.80. The third kappa shape index (κ3) is 5.70. The summed E-state index contributed by atoms with van der Waals surface area (Å²) in [4.78, 5) is 4.70. The molecule has 0 saturated heterocycles. The lowest BCUT2D eigenvalue weighted by Crippen LogP contribution is -2.39. The third-order valence-electron chi connectivity index (χ3n) is 6.51. The number of benzene rings is 2. The van der Waals surface area contributed by atoms with Gasteiger partial charge in [-0.1, -0.05) is 19.3 Å². The second kappa shape index (κ2) is 11.4. The summed E-state index contributed by atoms with van der Waals surface area (Å²) in [6.45, 7) is 0. The molecule has 2 aromatic carbocycles. The molecule has 7 nitrogen and oxygen atoms in total. The van der Waals surface area contributed by atoms with Gasteiger partial charge in [-0.15, -0.1) is 0 Å². The van der Waals surface area contributed by atoms with Crippen LogP contribution in [0.15, 0.2) is 36.5 Å². The molecule has 8 heteroatoms. The molecule has 1 fully saturated rings. The fourth-order valence-corrected chi connectivity index (χ4v) is 4.93. The standard InChI is InChI=1S/C27H33N3O4S/c1-31-23-13-17-10-11-28-22(20(17)15-25(23)33-3)12-18-14-24(32-2)26(34-4)16-21(18)30-27(35)29-19-8-6-5-7-9-19/h10-11,13-16,19H,5-9,12H2,1-4H3,(H2,29,30,35). The van der Waals surface area contributed by atoms with E-state index in [2.05, 4.69) is 10.6 Å². The molecule has 1 aliphatic carbocycles. The fraction of sp³-hybridized carbons (Fsp3) is 0.407. The van der Waals surface area contributed by atoms with Gasteiger partial charge in [-0.05, 0) is 60.3 Å². The Morgan fingerprint density at radius 1 is 0.886 bits per heavy atom. The van der Waals surface area contributed by atoms with Crippen molar-refractivity contribution in [1.82, 2.24) is 10.3 Å². The molecule has 1 aliphatic rings. The molecule has 1 saturated carbocycles. The molecule has 0 bridgehead atoms. The molecule has 3 aromatic rings. The van der Waals surface area contributed by atoms with E-state index in [0.717, 1.165) is 40.6 Å². The maximum atomic E-state index is 5.68. The number of hydrogen-bond donors (Lipinski definition) is 2. The molecule has 0 spiro atoms. The smallest absolute Gasteiger partial charge is 0.171 e. The third-order valence-corrected chi connectivity index (χ3v) is 6.73. The van der Waals surface area contributed by atoms with Crippen molar-refractivity contribution < 1.29 is 18.9 Å². The van der Waals surface area contributed by atoms with Crippen molar-refractivity contribution in [2.24, 2.45) is 0 Å². The number of fused-ring (bicyclic) bond motifs is 1. The van der Waals surface area contributed by atoms with Crippen LogP contribution in [0.5, 0.6) is 23.0 Å². The predicted octanol–water partition coefficient (Wildman–Crippen LogP) is 5.48. The Morgan fingerprint density at radius 3 is 2.20 bits per heavy atom. The van der Waals surface area contributed by atoms with Crippen LogP contribution in [-0.2, 0) is 6.42 Å². The van der Waals surface area contributed by atoms with Gasteiger partial charge in [-0.3, -0.25) is 4.98 Å². The predicted molar refractivity (Wildman–Crippen MR) is 143 cm³/mol. The van der Waals surface area contributed by atoms with Crippen molar-refractivity contribution in [2.45, 2.75) is 44.6 Å². The van der Waals surface area contributed by atoms with Crippen LogP contribution in [0.2, 0.25) is 0 Å². The van der Waals surface area contributed by atoms with Gasteiger partial charge in [-0.2, -0.15) is 0 Å². The minimum absolute atomic E-state index is 0.412. The highest BCUT2D eigenvalue weighted by Crippen LogP contribution is 2.37. The topological polar surface area (TPSA) is 73.9 Å². The summed E-state index contributed by atoms with van der Waals surface area (Å²) in [7, 11) is 6.54.